The van der Waals surface area contributed by atoms with E-state index in [0.29, 0.717) is 38.5 Å². The molecule has 0 saturated carbocycles. The summed E-state index contributed by atoms with van der Waals surface area (Å²) in [5.74, 6) is 0.276. The predicted molar refractivity (Wildman–Crippen MR) is 134 cm³/mol. The standard InChI is InChI=1S/C24H22Cl2N2O4S/c1-14(23(29)28-19-13-15(25)7-12-18(19)26)33-17-10-8-16(9-11-17)27-24(30)22-20(31-2)5-4-6-21(22)32-3/h4-14H,1-3H3,(H,27,30)(H,28,29). The van der Waals surface area contributed by atoms with E-state index in [1.54, 1.807) is 55.5 Å². The van der Waals surface area contributed by atoms with Crippen molar-refractivity contribution in [2.24, 2.45) is 0 Å². The summed E-state index contributed by atoms with van der Waals surface area (Å²) >= 11 is 13.5. The van der Waals surface area contributed by atoms with Crippen LogP contribution in [0.3, 0.4) is 0 Å². The van der Waals surface area contributed by atoms with Gasteiger partial charge in [0, 0.05) is 15.6 Å². The van der Waals surface area contributed by atoms with Gasteiger partial charge in [-0.2, -0.15) is 0 Å². The van der Waals surface area contributed by atoms with Gasteiger partial charge in [-0.15, -0.1) is 11.8 Å². The van der Waals surface area contributed by atoms with Gasteiger partial charge in [0.2, 0.25) is 5.91 Å². The van der Waals surface area contributed by atoms with Crippen LogP contribution < -0.4 is 20.1 Å². The Hall–Kier alpha value is -2.87. The van der Waals surface area contributed by atoms with Gasteiger partial charge in [0.15, 0.2) is 0 Å². The molecule has 0 spiro atoms. The van der Waals surface area contributed by atoms with Crippen LogP contribution in [0.15, 0.2) is 65.6 Å². The zero-order chi connectivity index (χ0) is 24.0. The number of amides is 2. The van der Waals surface area contributed by atoms with Crippen molar-refractivity contribution in [3.63, 3.8) is 0 Å². The maximum Gasteiger partial charge on any atom is 0.263 e. The molecule has 3 aromatic rings. The SMILES string of the molecule is COc1cccc(OC)c1C(=O)Nc1ccc(SC(C)C(=O)Nc2cc(Cl)ccc2Cl)cc1. The summed E-state index contributed by atoms with van der Waals surface area (Å²) in [7, 11) is 2.99. The Kier molecular flexibility index (Phi) is 8.49. The lowest BCUT2D eigenvalue weighted by molar-refractivity contribution is -0.115. The van der Waals surface area contributed by atoms with Crippen LogP contribution >= 0.6 is 35.0 Å². The minimum absolute atomic E-state index is 0.204. The van der Waals surface area contributed by atoms with Crippen LogP contribution in [0, 0.1) is 0 Å². The van der Waals surface area contributed by atoms with Crippen LogP contribution in [0.4, 0.5) is 11.4 Å². The van der Waals surface area contributed by atoms with Crippen molar-refractivity contribution in [2.75, 3.05) is 24.9 Å². The topological polar surface area (TPSA) is 76.7 Å². The fourth-order valence-electron chi connectivity index (χ4n) is 2.97. The van der Waals surface area contributed by atoms with E-state index in [1.165, 1.54) is 26.0 Å². The van der Waals surface area contributed by atoms with Crippen molar-refractivity contribution in [3.8, 4) is 11.5 Å². The van der Waals surface area contributed by atoms with Crippen LogP contribution in [-0.2, 0) is 4.79 Å². The Labute approximate surface area is 206 Å². The third-order valence-corrected chi connectivity index (χ3v) is 6.31. The molecule has 2 amide bonds. The molecule has 9 heteroatoms. The third kappa shape index (κ3) is 6.35. The molecule has 0 heterocycles. The lowest BCUT2D eigenvalue weighted by Gasteiger charge is -2.14. The molecule has 0 aliphatic heterocycles. The second kappa shape index (κ2) is 11.3. The Bertz CT molecular complexity index is 1130. The van der Waals surface area contributed by atoms with E-state index in [-0.39, 0.29) is 11.8 Å². The van der Waals surface area contributed by atoms with Crippen molar-refractivity contribution in [1.29, 1.82) is 0 Å². The largest absolute Gasteiger partial charge is 0.496 e. The first-order chi connectivity index (χ1) is 15.8. The minimum Gasteiger partial charge on any atom is -0.496 e. The lowest BCUT2D eigenvalue weighted by Crippen LogP contribution is -2.22. The van der Waals surface area contributed by atoms with E-state index in [4.69, 9.17) is 32.7 Å². The van der Waals surface area contributed by atoms with Gasteiger partial charge in [-0.05, 0) is 61.5 Å². The van der Waals surface area contributed by atoms with Crippen LogP contribution in [0.25, 0.3) is 0 Å². The smallest absolute Gasteiger partial charge is 0.263 e. The number of carbonyl (C=O) groups is 2. The van der Waals surface area contributed by atoms with Crippen LogP contribution in [-0.4, -0.2) is 31.3 Å². The second-order valence-electron chi connectivity index (χ2n) is 6.89. The van der Waals surface area contributed by atoms with E-state index in [1.807, 2.05) is 12.1 Å². The fraction of sp³-hybridized carbons (Fsp3) is 0.167. The van der Waals surface area contributed by atoms with Gasteiger partial charge in [-0.1, -0.05) is 29.3 Å². The quantitative estimate of drug-likeness (QED) is 0.348. The number of hydrogen-bond acceptors (Lipinski definition) is 5. The van der Waals surface area contributed by atoms with E-state index in [2.05, 4.69) is 10.6 Å². The number of thioether (sulfide) groups is 1. The molecule has 3 rings (SSSR count). The summed E-state index contributed by atoms with van der Waals surface area (Å²) in [6.07, 6.45) is 0. The van der Waals surface area contributed by atoms with Crippen molar-refractivity contribution < 1.29 is 19.1 Å². The highest BCUT2D eigenvalue weighted by Gasteiger charge is 2.19. The van der Waals surface area contributed by atoms with Gasteiger partial charge in [-0.3, -0.25) is 9.59 Å². The summed E-state index contributed by atoms with van der Waals surface area (Å²) in [6, 6.07) is 17.2. The molecule has 1 unspecified atom stereocenters. The molecule has 172 valence electrons. The monoisotopic (exact) mass is 504 g/mol. The molecule has 0 saturated heterocycles. The first-order valence-electron chi connectivity index (χ1n) is 9.87. The average molecular weight is 505 g/mol. The molecular formula is C24H22Cl2N2O4S. The summed E-state index contributed by atoms with van der Waals surface area (Å²) in [5.41, 5.74) is 1.37. The number of benzene rings is 3. The first kappa shape index (κ1) is 24.8. The highest BCUT2D eigenvalue weighted by atomic mass is 35.5. The summed E-state index contributed by atoms with van der Waals surface area (Å²) < 4.78 is 10.6. The molecule has 0 radical (unpaired) electrons. The maximum absolute atomic E-state index is 12.8. The Morgan fingerprint density at radius 3 is 2.15 bits per heavy atom. The van der Waals surface area contributed by atoms with E-state index < -0.39 is 5.25 Å². The highest BCUT2D eigenvalue weighted by Crippen LogP contribution is 2.31. The van der Waals surface area contributed by atoms with Crippen molar-refractivity contribution in [1.82, 2.24) is 0 Å². The number of methoxy groups -OCH3 is 2. The number of ether oxygens (including phenoxy) is 2. The van der Waals surface area contributed by atoms with Crippen molar-refractivity contribution >= 4 is 58.2 Å². The number of hydrogen-bond donors (Lipinski definition) is 2. The fourth-order valence-corrected chi connectivity index (χ4v) is 4.18. The van der Waals surface area contributed by atoms with Crippen molar-refractivity contribution in [2.45, 2.75) is 17.1 Å². The molecule has 0 aromatic heterocycles. The molecule has 0 fully saturated rings. The van der Waals surface area contributed by atoms with Crippen molar-refractivity contribution in [3.05, 3.63) is 76.3 Å². The Balaban J connectivity index is 1.64. The Morgan fingerprint density at radius 1 is 0.909 bits per heavy atom. The molecule has 0 aliphatic carbocycles. The zero-order valence-electron chi connectivity index (χ0n) is 18.1. The molecule has 3 aromatic carbocycles. The van der Waals surface area contributed by atoms with Gasteiger partial charge in [0.05, 0.1) is 30.2 Å². The molecular weight excluding hydrogens is 483 g/mol. The number of carbonyl (C=O) groups excluding carboxylic acids is 2. The van der Waals surface area contributed by atoms with Crippen LogP contribution in [0.2, 0.25) is 10.0 Å². The van der Waals surface area contributed by atoms with E-state index in [0.717, 1.165) is 4.90 Å². The van der Waals surface area contributed by atoms with E-state index in [9.17, 15) is 9.59 Å². The summed E-state index contributed by atoms with van der Waals surface area (Å²) in [5, 5.41) is 6.14. The maximum atomic E-state index is 12.8. The highest BCUT2D eigenvalue weighted by molar-refractivity contribution is 8.00. The zero-order valence-corrected chi connectivity index (χ0v) is 20.5. The predicted octanol–water partition coefficient (Wildman–Crippen LogP) is 6.38. The molecule has 2 N–H and O–H groups in total. The average Bonchev–Trinajstić information content (AvgIpc) is 2.81. The number of nitrogens with one attached hydrogen (secondary N) is 2. The Morgan fingerprint density at radius 2 is 1.55 bits per heavy atom. The van der Waals surface area contributed by atoms with Crippen LogP contribution in [0.5, 0.6) is 11.5 Å². The van der Waals surface area contributed by atoms with E-state index >= 15 is 0 Å². The third-order valence-electron chi connectivity index (χ3n) is 4.64. The first-order valence-corrected chi connectivity index (χ1v) is 11.5. The van der Waals surface area contributed by atoms with Crippen LogP contribution in [0.1, 0.15) is 17.3 Å². The van der Waals surface area contributed by atoms with Gasteiger partial charge in [0.25, 0.3) is 5.91 Å². The molecule has 33 heavy (non-hydrogen) atoms. The normalized spacial score (nSPS) is 11.4. The molecule has 6 nitrogen and oxygen atoms in total. The minimum atomic E-state index is -0.390. The lowest BCUT2D eigenvalue weighted by atomic mass is 10.1. The number of anilines is 2. The number of halogens is 2. The van der Waals surface area contributed by atoms with Gasteiger partial charge in [-0.25, -0.2) is 0 Å². The number of rotatable bonds is 8. The summed E-state index contributed by atoms with van der Waals surface area (Å²) in [4.78, 5) is 26.2. The molecule has 1 atom stereocenters. The second-order valence-corrected chi connectivity index (χ2v) is 9.15. The molecule has 0 aliphatic rings. The molecule has 0 bridgehead atoms. The van der Waals surface area contributed by atoms with Gasteiger partial charge >= 0.3 is 0 Å². The van der Waals surface area contributed by atoms with Gasteiger partial charge < -0.3 is 20.1 Å². The van der Waals surface area contributed by atoms with Gasteiger partial charge in [0.1, 0.15) is 17.1 Å². The summed E-state index contributed by atoms with van der Waals surface area (Å²) in [6.45, 7) is 1.79.